The van der Waals surface area contributed by atoms with E-state index in [9.17, 15) is 9.18 Å². The number of thioether (sulfide) groups is 1. The summed E-state index contributed by atoms with van der Waals surface area (Å²) in [6, 6.07) is 8.90. The van der Waals surface area contributed by atoms with Crippen LogP contribution in [0.5, 0.6) is 0 Å². The van der Waals surface area contributed by atoms with Crippen LogP contribution in [0.15, 0.2) is 35.2 Å². The van der Waals surface area contributed by atoms with Gasteiger partial charge < -0.3 is 10.6 Å². The third-order valence-electron chi connectivity index (χ3n) is 4.76. The lowest BCUT2D eigenvalue weighted by Gasteiger charge is -2.14. The maximum atomic E-state index is 14.5. The molecule has 0 radical (unpaired) electrons. The lowest BCUT2D eigenvalue weighted by molar-refractivity contribution is 0.0945. The molecule has 2 aromatic rings. The number of carbonyl (C=O) groups is 1. The summed E-state index contributed by atoms with van der Waals surface area (Å²) in [7, 11) is 0. The fourth-order valence-electron chi connectivity index (χ4n) is 3.25. The third kappa shape index (κ3) is 6.35. The number of rotatable bonds is 6. The van der Waals surface area contributed by atoms with Crippen LogP contribution < -0.4 is 10.6 Å². The number of carbonyl (C=O) groups excluding carboxylic acids is 1. The van der Waals surface area contributed by atoms with Crippen LogP contribution in [0, 0.1) is 11.7 Å². The second-order valence-electron chi connectivity index (χ2n) is 7.47. The molecule has 158 valence electrons. The number of benzene rings is 2. The first-order chi connectivity index (χ1) is 13.5. The molecule has 0 aliphatic carbocycles. The average Bonchev–Trinajstić information content (AvgIpc) is 2.91. The molecule has 3 rings (SSSR count). The maximum absolute atomic E-state index is 14.5. The normalized spacial score (nSPS) is 13.4. The third-order valence-corrected chi connectivity index (χ3v) is 6.42. The van der Waals surface area contributed by atoms with Gasteiger partial charge >= 0.3 is 0 Å². The molecule has 0 spiro atoms. The molecule has 0 saturated carbocycles. The lowest BCUT2D eigenvalue weighted by Crippen LogP contribution is -2.28. The fraction of sp³-hybridized carbons (Fsp3) is 0.409. The van der Waals surface area contributed by atoms with Crippen molar-refractivity contribution < 1.29 is 9.18 Å². The van der Waals surface area contributed by atoms with E-state index in [-0.39, 0.29) is 23.9 Å². The minimum atomic E-state index is -0.485. The van der Waals surface area contributed by atoms with Crippen molar-refractivity contribution in [3.63, 3.8) is 0 Å². The molecule has 1 heterocycles. The maximum Gasteiger partial charge on any atom is 0.254 e. The van der Waals surface area contributed by atoms with E-state index in [4.69, 9.17) is 11.6 Å². The molecule has 2 aromatic carbocycles. The molecule has 29 heavy (non-hydrogen) atoms. The van der Waals surface area contributed by atoms with Crippen LogP contribution in [-0.4, -0.2) is 25.5 Å². The Balaban J connectivity index is 0.00000300. The summed E-state index contributed by atoms with van der Waals surface area (Å²) in [6.07, 6.45) is 1.94. The van der Waals surface area contributed by atoms with Crippen LogP contribution in [0.3, 0.4) is 0 Å². The van der Waals surface area contributed by atoms with Crippen molar-refractivity contribution >= 4 is 41.7 Å². The molecular weight excluding hydrogens is 430 g/mol. The highest BCUT2D eigenvalue weighted by Crippen LogP contribution is 2.36. The quantitative estimate of drug-likeness (QED) is 0.581. The Morgan fingerprint density at radius 1 is 1.24 bits per heavy atom. The van der Waals surface area contributed by atoms with Crippen LogP contribution in [0.4, 0.5) is 4.39 Å². The number of hydrogen-bond acceptors (Lipinski definition) is 3. The van der Waals surface area contributed by atoms with Crippen molar-refractivity contribution in [2.24, 2.45) is 5.92 Å². The molecule has 0 saturated heterocycles. The highest BCUT2D eigenvalue weighted by atomic mass is 35.5. The monoisotopic (exact) mass is 456 g/mol. The highest BCUT2D eigenvalue weighted by molar-refractivity contribution is 7.98. The Bertz CT molecular complexity index is 861. The van der Waals surface area contributed by atoms with E-state index >= 15 is 0 Å². The molecule has 0 atom stereocenters. The zero-order valence-corrected chi connectivity index (χ0v) is 19.1. The molecule has 3 nitrogen and oxygen atoms in total. The molecule has 2 N–H and O–H groups in total. The van der Waals surface area contributed by atoms with Gasteiger partial charge in [0.05, 0.1) is 10.6 Å². The predicted octanol–water partition coefficient (Wildman–Crippen LogP) is 5.27. The van der Waals surface area contributed by atoms with Crippen molar-refractivity contribution in [1.29, 1.82) is 0 Å². The van der Waals surface area contributed by atoms with Gasteiger partial charge in [-0.15, -0.1) is 24.2 Å². The smallest absolute Gasteiger partial charge is 0.254 e. The summed E-state index contributed by atoms with van der Waals surface area (Å²) in [5, 5.41) is 6.92. The van der Waals surface area contributed by atoms with E-state index < -0.39 is 5.82 Å². The van der Waals surface area contributed by atoms with Gasteiger partial charge in [-0.3, -0.25) is 4.79 Å². The predicted molar refractivity (Wildman–Crippen MR) is 122 cm³/mol. The summed E-state index contributed by atoms with van der Waals surface area (Å²) >= 11 is 8.11. The molecule has 7 heteroatoms. The summed E-state index contributed by atoms with van der Waals surface area (Å²) in [4.78, 5) is 13.2. The van der Waals surface area contributed by atoms with Crippen LogP contribution in [0.25, 0.3) is 0 Å². The van der Waals surface area contributed by atoms with Gasteiger partial charge in [-0.1, -0.05) is 37.6 Å². The number of fused-ring (bicyclic) bond motifs is 1. The number of hydrogen-bond donors (Lipinski definition) is 2. The second kappa shape index (κ2) is 11.2. The van der Waals surface area contributed by atoms with E-state index in [2.05, 4.69) is 16.7 Å². The fourth-order valence-corrected chi connectivity index (χ4v) is 4.69. The van der Waals surface area contributed by atoms with Gasteiger partial charge in [0.2, 0.25) is 0 Å². The van der Waals surface area contributed by atoms with Crippen LogP contribution >= 0.6 is 35.8 Å². The van der Waals surface area contributed by atoms with Crippen molar-refractivity contribution in [3.8, 4) is 0 Å². The van der Waals surface area contributed by atoms with Crippen LogP contribution in [0.2, 0.25) is 5.02 Å². The summed E-state index contributed by atoms with van der Waals surface area (Å²) in [6.45, 7) is 6.45. The van der Waals surface area contributed by atoms with Crippen molar-refractivity contribution in [1.82, 2.24) is 10.6 Å². The van der Waals surface area contributed by atoms with Gasteiger partial charge in [0.1, 0.15) is 5.82 Å². The first-order valence-electron chi connectivity index (χ1n) is 9.66. The first-order valence-corrected chi connectivity index (χ1v) is 11.0. The number of nitrogens with one attached hydrogen (secondary N) is 2. The van der Waals surface area contributed by atoms with Crippen molar-refractivity contribution in [2.75, 3.05) is 19.6 Å². The van der Waals surface area contributed by atoms with Crippen molar-refractivity contribution in [2.45, 2.75) is 37.3 Å². The topological polar surface area (TPSA) is 41.1 Å². The van der Waals surface area contributed by atoms with Crippen molar-refractivity contribution in [3.05, 3.63) is 63.4 Å². The molecule has 1 aliphatic rings. The molecule has 1 amide bonds. The zero-order valence-electron chi connectivity index (χ0n) is 16.7. The molecular formula is C22H27Cl2FN2OS. The summed E-state index contributed by atoms with van der Waals surface area (Å²) in [5.41, 5.74) is 3.56. The van der Waals surface area contributed by atoms with E-state index in [0.29, 0.717) is 18.2 Å². The SMILES string of the molecule is CC(C)CNC(=O)c1ccc(CSc2c(Cl)ccc3c2CCNCC3)cc1F.Cl. The Morgan fingerprint density at radius 3 is 2.72 bits per heavy atom. The minimum absolute atomic E-state index is 0. The average molecular weight is 457 g/mol. The summed E-state index contributed by atoms with van der Waals surface area (Å²) < 4.78 is 14.5. The molecule has 0 unspecified atom stereocenters. The Hall–Kier alpha value is -1.27. The molecule has 1 aliphatic heterocycles. The van der Waals surface area contributed by atoms with Crippen LogP contribution in [0.1, 0.15) is 40.9 Å². The lowest BCUT2D eigenvalue weighted by atomic mass is 10.0. The molecule has 0 bridgehead atoms. The van der Waals surface area contributed by atoms with E-state index in [0.717, 1.165) is 41.4 Å². The van der Waals surface area contributed by atoms with Gasteiger partial charge in [0.25, 0.3) is 5.91 Å². The van der Waals surface area contributed by atoms with E-state index in [1.807, 2.05) is 26.0 Å². The first kappa shape index (κ1) is 24.0. The minimum Gasteiger partial charge on any atom is -0.352 e. The summed E-state index contributed by atoms with van der Waals surface area (Å²) in [5.74, 6) is 0.0773. The second-order valence-corrected chi connectivity index (χ2v) is 8.86. The Labute approximate surface area is 187 Å². The van der Waals surface area contributed by atoms with Gasteiger partial charge in [-0.05, 0) is 66.7 Å². The van der Waals surface area contributed by atoms with Gasteiger partial charge in [0, 0.05) is 17.2 Å². The van der Waals surface area contributed by atoms with E-state index in [1.54, 1.807) is 17.8 Å². The van der Waals surface area contributed by atoms with E-state index in [1.165, 1.54) is 17.2 Å². The number of halogens is 3. The zero-order chi connectivity index (χ0) is 20.1. The van der Waals surface area contributed by atoms with Gasteiger partial charge in [-0.25, -0.2) is 4.39 Å². The molecule has 0 aromatic heterocycles. The Kier molecular flexibility index (Phi) is 9.28. The Morgan fingerprint density at radius 2 is 2.00 bits per heavy atom. The van der Waals surface area contributed by atoms with Crippen LogP contribution in [-0.2, 0) is 18.6 Å². The molecule has 0 fully saturated rings. The number of amides is 1. The largest absolute Gasteiger partial charge is 0.352 e. The standard InChI is InChI=1S/C22H26ClFN2OS.ClH/c1-14(2)12-26-22(27)18-5-3-15(11-20(18)24)13-28-21-17-8-10-25-9-7-16(17)4-6-19(21)23;/h3-6,11,14,25H,7-10,12-13H2,1-2H3,(H,26,27);1H. The van der Waals surface area contributed by atoms with Gasteiger partial charge in [0.15, 0.2) is 0 Å². The van der Waals surface area contributed by atoms with Gasteiger partial charge in [-0.2, -0.15) is 0 Å². The highest BCUT2D eigenvalue weighted by Gasteiger charge is 2.16.